The second kappa shape index (κ2) is 4.36. The van der Waals surface area contributed by atoms with E-state index in [9.17, 15) is 22.8 Å². The van der Waals surface area contributed by atoms with Crippen molar-refractivity contribution in [3.05, 3.63) is 11.6 Å². The molecule has 0 aromatic heterocycles. The average molecular weight is 253 g/mol. The summed E-state index contributed by atoms with van der Waals surface area (Å²) in [7, 11) is 0. The van der Waals surface area contributed by atoms with Crippen molar-refractivity contribution in [1.82, 2.24) is 5.32 Å². The predicted octanol–water partition coefficient (Wildman–Crippen LogP) is 0.465. The number of aliphatic carboxylic acids is 1. The van der Waals surface area contributed by atoms with Gasteiger partial charge in [-0.2, -0.15) is 13.2 Å². The van der Waals surface area contributed by atoms with E-state index in [0.717, 1.165) is 6.92 Å². The van der Waals surface area contributed by atoms with Crippen molar-refractivity contribution in [3.8, 4) is 0 Å². The highest BCUT2D eigenvalue weighted by Gasteiger charge is 2.47. The molecular formula is C9H10F3NO4. The highest BCUT2D eigenvalue weighted by molar-refractivity contribution is 5.94. The van der Waals surface area contributed by atoms with Crippen LogP contribution in [0.15, 0.2) is 11.6 Å². The highest BCUT2D eigenvalue weighted by atomic mass is 19.4. The lowest BCUT2D eigenvalue weighted by atomic mass is 9.97. The molecule has 1 rings (SSSR count). The van der Waals surface area contributed by atoms with Gasteiger partial charge in [0.1, 0.15) is 0 Å². The predicted molar refractivity (Wildman–Crippen MR) is 49.1 cm³/mol. The molecule has 0 saturated carbocycles. The van der Waals surface area contributed by atoms with Gasteiger partial charge >= 0.3 is 12.1 Å². The molecule has 0 bridgehead atoms. The molecule has 8 heteroatoms. The fourth-order valence-electron chi connectivity index (χ4n) is 1.11. The molecule has 0 aromatic carbocycles. The number of ether oxygens (including phenoxy) is 1. The van der Waals surface area contributed by atoms with Crippen LogP contribution in [-0.2, 0) is 14.3 Å². The molecule has 2 N–H and O–H groups in total. The van der Waals surface area contributed by atoms with Crippen LogP contribution in [-0.4, -0.2) is 41.9 Å². The van der Waals surface area contributed by atoms with Crippen molar-refractivity contribution in [2.24, 2.45) is 0 Å². The minimum absolute atomic E-state index is 0.257. The van der Waals surface area contributed by atoms with Gasteiger partial charge in [0.15, 0.2) is 5.54 Å². The van der Waals surface area contributed by atoms with E-state index >= 15 is 0 Å². The van der Waals surface area contributed by atoms with Crippen molar-refractivity contribution in [1.29, 1.82) is 0 Å². The van der Waals surface area contributed by atoms with E-state index in [1.54, 1.807) is 0 Å². The van der Waals surface area contributed by atoms with E-state index in [2.05, 4.69) is 4.74 Å². The summed E-state index contributed by atoms with van der Waals surface area (Å²) in [5.74, 6) is -2.44. The van der Waals surface area contributed by atoms with Gasteiger partial charge in [-0.25, -0.2) is 4.79 Å². The molecule has 1 saturated heterocycles. The molecule has 0 unspecified atom stereocenters. The van der Waals surface area contributed by atoms with E-state index < -0.39 is 29.2 Å². The van der Waals surface area contributed by atoms with E-state index in [1.807, 2.05) is 5.32 Å². The highest BCUT2D eigenvalue weighted by Crippen LogP contribution is 2.25. The number of hydrogen-bond donors (Lipinski definition) is 2. The topological polar surface area (TPSA) is 75.6 Å². The molecule has 0 spiro atoms. The summed E-state index contributed by atoms with van der Waals surface area (Å²) < 4.78 is 41.0. The van der Waals surface area contributed by atoms with Crippen LogP contribution in [0.1, 0.15) is 6.92 Å². The summed E-state index contributed by atoms with van der Waals surface area (Å²) in [4.78, 5) is 22.0. The minimum atomic E-state index is -4.61. The largest absolute Gasteiger partial charge is 0.479 e. The standard InChI is InChI=1S/C9H10F3NO4/c1-5(9(10,11)12)2-6(14)13-8(7(15)16)3-17-4-8/h2H,3-4H2,1H3,(H,13,14)(H,15,16)/b5-2+. The third-order valence-electron chi connectivity index (χ3n) is 2.26. The maximum Gasteiger partial charge on any atom is 0.412 e. The molecule has 1 amide bonds. The van der Waals surface area contributed by atoms with Gasteiger partial charge in [-0.05, 0) is 6.92 Å². The van der Waals surface area contributed by atoms with Crippen LogP contribution in [0.5, 0.6) is 0 Å². The molecule has 0 aromatic rings. The zero-order valence-corrected chi connectivity index (χ0v) is 8.80. The Morgan fingerprint density at radius 2 is 1.94 bits per heavy atom. The number of carboxylic acids is 1. The lowest BCUT2D eigenvalue weighted by Gasteiger charge is -2.37. The van der Waals surface area contributed by atoms with E-state index in [0.29, 0.717) is 6.08 Å². The Hall–Kier alpha value is -1.57. The maximum atomic E-state index is 12.1. The number of amides is 1. The van der Waals surface area contributed by atoms with Crippen LogP contribution in [0.2, 0.25) is 0 Å². The van der Waals surface area contributed by atoms with Gasteiger partial charge in [-0.3, -0.25) is 4.79 Å². The molecule has 1 heterocycles. The van der Waals surface area contributed by atoms with Gasteiger partial charge in [0.25, 0.3) is 0 Å². The quantitative estimate of drug-likeness (QED) is 0.717. The number of alkyl halides is 3. The van der Waals surface area contributed by atoms with E-state index in [-0.39, 0.29) is 13.2 Å². The summed E-state index contributed by atoms with van der Waals surface area (Å²) in [5, 5.41) is 10.8. The smallest absolute Gasteiger partial charge is 0.412 e. The Morgan fingerprint density at radius 1 is 1.41 bits per heavy atom. The monoisotopic (exact) mass is 253 g/mol. The summed E-state index contributed by atoms with van der Waals surface area (Å²) in [6.07, 6.45) is -4.28. The third kappa shape index (κ3) is 2.96. The Balaban J connectivity index is 2.70. The molecule has 96 valence electrons. The summed E-state index contributed by atoms with van der Waals surface area (Å²) >= 11 is 0. The Morgan fingerprint density at radius 3 is 2.24 bits per heavy atom. The molecule has 1 aliphatic rings. The van der Waals surface area contributed by atoms with Crippen molar-refractivity contribution in [3.63, 3.8) is 0 Å². The Labute approximate surface area is 94.2 Å². The molecule has 1 fully saturated rings. The minimum Gasteiger partial charge on any atom is -0.479 e. The number of carbonyl (C=O) groups excluding carboxylic acids is 1. The number of nitrogens with one attached hydrogen (secondary N) is 1. The van der Waals surface area contributed by atoms with E-state index in [4.69, 9.17) is 5.11 Å². The van der Waals surface area contributed by atoms with Crippen molar-refractivity contribution < 1.29 is 32.6 Å². The lowest BCUT2D eigenvalue weighted by Crippen LogP contribution is -2.66. The molecule has 0 aliphatic carbocycles. The van der Waals surface area contributed by atoms with Crippen LogP contribution in [0.3, 0.4) is 0 Å². The summed E-state index contributed by atoms with van der Waals surface area (Å²) in [6, 6.07) is 0. The summed E-state index contributed by atoms with van der Waals surface area (Å²) in [6.45, 7) is 0.213. The number of carbonyl (C=O) groups is 2. The Bertz CT molecular complexity index is 371. The maximum absolute atomic E-state index is 12.1. The first-order valence-electron chi connectivity index (χ1n) is 4.56. The Kier molecular flexibility index (Phi) is 3.46. The van der Waals surface area contributed by atoms with Crippen molar-refractivity contribution in [2.75, 3.05) is 13.2 Å². The molecule has 5 nitrogen and oxygen atoms in total. The van der Waals surface area contributed by atoms with Crippen LogP contribution < -0.4 is 5.32 Å². The SMILES string of the molecule is C/C(=C\C(=O)NC1(C(=O)O)COC1)C(F)(F)F. The fourth-order valence-corrected chi connectivity index (χ4v) is 1.11. The van der Waals surface area contributed by atoms with Crippen LogP contribution in [0.4, 0.5) is 13.2 Å². The van der Waals surface area contributed by atoms with Gasteiger partial charge < -0.3 is 15.2 Å². The first-order chi connectivity index (χ1) is 7.67. The second-order valence-electron chi connectivity index (χ2n) is 3.69. The van der Waals surface area contributed by atoms with Crippen LogP contribution in [0.25, 0.3) is 0 Å². The zero-order valence-electron chi connectivity index (χ0n) is 8.80. The average Bonchev–Trinajstić information content (AvgIpc) is 2.08. The van der Waals surface area contributed by atoms with Gasteiger partial charge in [0.05, 0.1) is 13.2 Å². The second-order valence-corrected chi connectivity index (χ2v) is 3.69. The normalized spacial score (nSPS) is 19.4. The van der Waals surface area contributed by atoms with Gasteiger partial charge in [-0.15, -0.1) is 0 Å². The lowest BCUT2D eigenvalue weighted by molar-refractivity contribution is -0.168. The molecule has 0 radical (unpaired) electrons. The number of rotatable bonds is 3. The fraction of sp³-hybridized carbons (Fsp3) is 0.556. The molecule has 0 atom stereocenters. The molecule has 1 aliphatic heterocycles. The van der Waals surface area contributed by atoms with Crippen molar-refractivity contribution >= 4 is 11.9 Å². The first-order valence-corrected chi connectivity index (χ1v) is 4.56. The molecular weight excluding hydrogens is 243 g/mol. The van der Waals surface area contributed by atoms with E-state index in [1.165, 1.54) is 0 Å². The van der Waals surface area contributed by atoms with Crippen molar-refractivity contribution in [2.45, 2.75) is 18.6 Å². The number of hydrogen-bond acceptors (Lipinski definition) is 3. The molecule has 17 heavy (non-hydrogen) atoms. The number of halogens is 3. The number of allylic oxidation sites excluding steroid dienone is 1. The number of carboxylic acid groups (broad SMARTS) is 1. The first kappa shape index (κ1) is 13.5. The van der Waals surface area contributed by atoms with Crippen LogP contribution >= 0.6 is 0 Å². The van der Waals surface area contributed by atoms with Gasteiger partial charge in [0, 0.05) is 11.6 Å². The van der Waals surface area contributed by atoms with Gasteiger partial charge in [-0.1, -0.05) is 0 Å². The zero-order chi connectivity index (χ0) is 13.3. The van der Waals surface area contributed by atoms with Gasteiger partial charge in [0.2, 0.25) is 5.91 Å². The van der Waals surface area contributed by atoms with Crippen LogP contribution in [0, 0.1) is 0 Å². The summed E-state index contributed by atoms with van der Waals surface area (Å²) in [5.41, 5.74) is -2.71. The third-order valence-corrected chi connectivity index (χ3v) is 2.26.